The normalized spacial score (nSPS) is 46.8. The van der Waals surface area contributed by atoms with Gasteiger partial charge in [0, 0.05) is 12.8 Å². The van der Waals surface area contributed by atoms with Gasteiger partial charge in [0.1, 0.15) is 5.60 Å². The molecule has 2 atom stereocenters. The summed E-state index contributed by atoms with van der Waals surface area (Å²) in [5, 5.41) is 0. The predicted octanol–water partition coefficient (Wildman–Crippen LogP) is 1.84. The molecule has 0 N–H and O–H groups in total. The molecule has 66 valence electrons. The Bertz CT molecular complexity index is 269. The number of carbonyl (C=O) groups is 1. The molecule has 0 unspecified atom stereocenters. The Balaban J connectivity index is 2.43. The Morgan fingerprint density at radius 2 is 2.17 bits per heavy atom. The van der Waals surface area contributed by atoms with Crippen LogP contribution in [-0.4, -0.2) is 17.0 Å². The molecule has 0 spiro atoms. The Labute approximate surface area is 72.6 Å². The van der Waals surface area contributed by atoms with E-state index in [1.807, 2.05) is 6.92 Å². The van der Waals surface area contributed by atoms with Crippen LogP contribution < -0.4 is 0 Å². The minimum Gasteiger partial charge on any atom is -0.357 e. The summed E-state index contributed by atoms with van der Waals surface area (Å²) in [6, 6.07) is 0. The molecule has 0 aliphatic carbocycles. The van der Waals surface area contributed by atoms with Gasteiger partial charge in [-0.25, -0.2) is 0 Å². The molecule has 2 heterocycles. The van der Waals surface area contributed by atoms with Crippen molar-refractivity contribution in [3.05, 3.63) is 12.2 Å². The Morgan fingerprint density at radius 3 is 2.75 bits per heavy atom. The van der Waals surface area contributed by atoms with E-state index in [1.165, 1.54) is 0 Å². The van der Waals surface area contributed by atoms with Crippen LogP contribution in [0.5, 0.6) is 0 Å². The van der Waals surface area contributed by atoms with E-state index >= 15 is 0 Å². The van der Waals surface area contributed by atoms with Gasteiger partial charge in [-0.3, -0.25) is 4.79 Å². The summed E-state index contributed by atoms with van der Waals surface area (Å²) in [5.74, 6) is 0.197. The average molecular weight is 166 g/mol. The van der Waals surface area contributed by atoms with Gasteiger partial charge in [-0.15, -0.1) is 0 Å². The molecule has 0 aromatic rings. The van der Waals surface area contributed by atoms with E-state index in [9.17, 15) is 4.79 Å². The molecule has 2 rings (SSSR count). The highest BCUT2D eigenvalue weighted by atomic mass is 16.5. The fourth-order valence-electron chi connectivity index (χ4n) is 2.23. The van der Waals surface area contributed by atoms with Gasteiger partial charge in [0.25, 0.3) is 0 Å². The second-order valence-electron chi connectivity index (χ2n) is 4.29. The topological polar surface area (TPSA) is 26.3 Å². The molecule has 0 radical (unpaired) electrons. The zero-order valence-electron chi connectivity index (χ0n) is 7.64. The van der Waals surface area contributed by atoms with Crippen molar-refractivity contribution in [2.45, 2.75) is 44.3 Å². The summed E-state index contributed by atoms with van der Waals surface area (Å²) in [5.41, 5.74) is 0.180. The van der Waals surface area contributed by atoms with Crippen molar-refractivity contribution in [2.75, 3.05) is 0 Å². The van der Waals surface area contributed by atoms with Gasteiger partial charge in [0.2, 0.25) is 0 Å². The smallest absolute Gasteiger partial charge is 0.168 e. The van der Waals surface area contributed by atoms with Gasteiger partial charge >= 0.3 is 0 Å². The highest BCUT2D eigenvalue weighted by molar-refractivity contribution is 5.92. The van der Waals surface area contributed by atoms with Crippen LogP contribution in [0.25, 0.3) is 0 Å². The first-order valence-electron chi connectivity index (χ1n) is 4.38. The van der Waals surface area contributed by atoms with Crippen LogP contribution in [0.3, 0.4) is 0 Å². The van der Waals surface area contributed by atoms with E-state index in [0.717, 1.165) is 18.4 Å². The summed E-state index contributed by atoms with van der Waals surface area (Å²) in [6.07, 6.45) is 2.34. The van der Waals surface area contributed by atoms with E-state index in [0.29, 0.717) is 6.42 Å². The van der Waals surface area contributed by atoms with E-state index in [4.69, 9.17) is 4.74 Å². The summed E-state index contributed by atoms with van der Waals surface area (Å²) >= 11 is 0. The van der Waals surface area contributed by atoms with Crippen molar-refractivity contribution in [3.63, 3.8) is 0 Å². The molecule has 0 aromatic heterocycles. The first-order valence-corrected chi connectivity index (χ1v) is 4.38. The third-order valence-corrected chi connectivity index (χ3v) is 3.13. The molecule has 2 aliphatic heterocycles. The van der Waals surface area contributed by atoms with Crippen molar-refractivity contribution in [1.82, 2.24) is 0 Å². The lowest BCUT2D eigenvalue weighted by atomic mass is 9.92. The van der Waals surface area contributed by atoms with E-state index in [2.05, 4.69) is 13.5 Å². The average Bonchev–Trinajstić information content (AvgIpc) is 2.16. The van der Waals surface area contributed by atoms with Gasteiger partial charge in [-0.2, -0.15) is 0 Å². The Morgan fingerprint density at radius 1 is 1.50 bits per heavy atom. The summed E-state index contributed by atoms with van der Waals surface area (Å²) in [7, 11) is 0. The lowest BCUT2D eigenvalue weighted by molar-refractivity contribution is -0.158. The van der Waals surface area contributed by atoms with Crippen molar-refractivity contribution in [2.24, 2.45) is 0 Å². The van der Waals surface area contributed by atoms with E-state index < -0.39 is 5.60 Å². The van der Waals surface area contributed by atoms with Gasteiger partial charge in [0.05, 0.1) is 5.60 Å². The summed E-state index contributed by atoms with van der Waals surface area (Å²) in [4.78, 5) is 11.5. The van der Waals surface area contributed by atoms with Gasteiger partial charge < -0.3 is 4.74 Å². The Hall–Kier alpha value is -0.630. The van der Waals surface area contributed by atoms with Gasteiger partial charge in [-0.1, -0.05) is 6.58 Å². The van der Waals surface area contributed by atoms with Crippen molar-refractivity contribution >= 4 is 5.78 Å². The van der Waals surface area contributed by atoms with Crippen LogP contribution in [0.4, 0.5) is 0 Å². The van der Waals surface area contributed by atoms with Crippen LogP contribution in [0, 0.1) is 0 Å². The number of hydrogen-bond donors (Lipinski definition) is 0. The molecular formula is C10H14O2. The number of Topliss-reactive ketones (excluding diaryl/α,β-unsaturated/α-hetero) is 1. The second kappa shape index (κ2) is 1.99. The fourth-order valence-corrected chi connectivity index (χ4v) is 2.23. The molecule has 2 fully saturated rings. The summed E-state index contributed by atoms with van der Waals surface area (Å²) < 4.78 is 5.75. The molecule has 0 saturated carbocycles. The third-order valence-electron chi connectivity index (χ3n) is 3.13. The molecule has 2 aliphatic rings. The molecule has 2 heteroatoms. The second-order valence-corrected chi connectivity index (χ2v) is 4.29. The van der Waals surface area contributed by atoms with Crippen molar-refractivity contribution < 1.29 is 9.53 Å². The SMILES string of the molecule is C=C1C[C@]2(C)CCC(=O)[C@@]1(C)O2. The highest BCUT2D eigenvalue weighted by Crippen LogP contribution is 2.48. The first kappa shape index (κ1) is 7.99. The molecule has 0 aromatic carbocycles. The van der Waals surface area contributed by atoms with Gasteiger partial charge in [0.15, 0.2) is 5.78 Å². The number of hydrogen-bond acceptors (Lipinski definition) is 2. The number of rotatable bonds is 0. The molecule has 2 nitrogen and oxygen atoms in total. The molecule has 0 amide bonds. The number of ether oxygens (including phenoxy) is 1. The lowest BCUT2D eigenvalue weighted by Gasteiger charge is -2.34. The molecule has 2 bridgehead atoms. The summed E-state index contributed by atoms with van der Waals surface area (Å²) in [6.45, 7) is 7.83. The fraction of sp³-hybridized carbons (Fsp3) is 0.700. The number of carbonyl (C=O) groups excluding carboxylic acids is 1. The van der Waals surface area contributed by atoms with Crippen LogP contribution >= 0.6 is 0 Å². The maximum absolute atomic E-state index is 11.5. The maximum atomic E-state index is 11.5. The van der Waals surface area contributed by atoms with Crippen LogP contribution in [-0.2, 0) is 9.53 Å². The quantitative estimate of drug-likeness (QED) is 0.513. The maximum Gasteiger partial charge on any atom is 0.168 e. The van der Waals surface area contributed by atoms with Crippen LogP contribution in [0.2, 0.25) is 0 Å². The van der Waals surface area contributed by atoms with Crippen molar-refractivity contribution in [3.8, 4) is 0 Å². The first-order chi connectivity index (χ1) is 5.46. The largest absolute Gasteiger partial charge is 0.357 e. The van der Waals surface area contributed by atoms with Crippen LogP contribution in [0.15, 0.2) is 12.2 Å². The lowest BCUT2D eigenvalue weighted by Crippen LogP contribution is -2.44. The minimum atomic E-state index is -0.660. The molecule has 2 saturated heterocycles. The minimum absolute atomic E-state index is 0.111. The monoisotopic (exact) mass is 166 g/mol. The zero-order chi connectivity index (χ0) is 8.98. The standard InChI is InChI=1S/C10H14O2/c1-7-6-9(2)5-4-8(11)10(7,3)12-9/h1,4-6H2,2-3H3/t9-,10-/m0/s1. The van der Waals surface area contributed by atoms with E-state index in [-0.39, 0.29) is 11.4 Å². The van der Waals surface area contributed by atoms with Crippen LogP contribution in [0.1, 0.15) is 33.1 Å². The van der Waals surface area contributed by atoms with Gasteiger partial charge in [-0.05, 0) is 25.8 Å². The van der Waals surface area contributed by atoms with E-state index in [1.54, 1.807) is 0 Å². The predicted molar refractivity (Wildman–Crippen MR) is 45.9 cm³/mol. The molecule has 12 heavy (non-hydrogen) atoms. The highest BCUT2D eigenvalue weighted by Gasteiger charge is 2.54. The number of fused-ring (bicyclic) bond motifs is 2. The third kappa shape index (κ3) is 0.816. The zero-order valence-corrected chi connectivity index (χ0v) is 7.64. The van der Waals surface area contributed by atoms with Crippen molar-refractivity contribution in [1.29, 1.82) is 0 Å². The molecular weight excluding hydrogens is 152 g/mol. The Kier molecular flexibility index (Phi) is 1.33. The number of ketones is 1.